The number of carbonyl (C=O) groups is 5. The van der Waals surface area contributed by atoms with Crippen LogP contribution in [0.25, 0.3) is 0 Å². The Labute approximate surface area is 210 Å². The molecule has 1 atom stereocenters. The fourth-order valence-electron chi connectivity index (χ4n) is 4.98. The normalized spacial score (nSPS) is 22.0. The van der Waals surface area contributed by atoms with Gasteiger partial charge in [-0.15, -0.1) is 0 Å². The molecule has 1 saturated heterocycles. The van der Waals surface area contributed by atoms with Gasteiger partial charge < -0.3 is 10.2 Å². The van der Waals surface area contributed by atoms with Crippen LogP contribution in [0.5, 0.6) is 0 Å². The van der Waals surface area contributed by atoms with Crippen LogP contribution in [0, 0.1) is 5.82 Å². The second kappa shape index (κ2) is 9.31. The van der Waals surface area contributed by atoms with E-state index in [4.69, 9.17) is 11.6 Å². The predicted molar refractivity (Wildman–Crippen MR) is 128 cm³/mol. The second-order valence-electron chi connectivity index (χ2n) is 9.05. The molecule has 10 heteroatoms. The van der Waals surface area contributed by atoms with E-state index in [1.54, 1.807) is 18.2 Å². The van der Waals surface area contributed by atoms with Crippen molar-refractivity contribution in [1.82, 2.24) is 10.2 Å². The first-order valence-electron chi connectivity index (χ1n) is 11.5. The molecule has 0 spiro atoms. The highest BCUT2D eigenvalue weighted by Gasteiger charge is 2.40. The SMILES string of the molecule is O=C1CCC(N2Cc3c(NC=C4C(=O)CC(c5ccc(Cl)cc5F)CC4=O)cccc3C2=O)C(=O)N1. The molecule has 1 unspecified atom stereocenters. The molecule has 3 aliphatic rings. The van der Waals surface area contributed by atoms with E-state index in [0.29, 0.717) is 16.8 Å². The van der Waals surface area contributed by atoms with Gasteiger partial charge in [0.2, 0.25) is 11.8 Å². The van der Waals surface area contributed by atoms with E-state index in [9.17, 15) is 28.4 Å². The molecule has 184 valence electrons. The Kier molecular flexibility index (Phi) is 6.17. The number of nitrogens with one attached hydrogen (secondary N) is 2. The Morgan fingerprint density at radius 3 is 2.50 bits per heavy atom. The summed E-state index contributed by atoms with van der Waals surface area (Å²) in [6.45, 7) is 0.145. The van der Waals surface area contributed by atoms with Gasteiger partial charge in [0.05, 0.1) is 5.57 Å². The highest BCUT2D eigenvalue weighted by molar-refractivity contribution is 6.30. The molecule has 36 heavy (non-hydrogen) atoms. The number of fused-ring (bicyclic) bond motifs is 1. The Morgan fingerprint density at radius 1 is 1.06 bits per heavy atom. The third-order valence-corrected chi connectivity index (χ3v) is 7.06. The number of carbonyl (C=O) groups excluding carboxylic acids is 5. The van der Waals surface area contributed by atoms with Gasteiger partial charge in [0.25, 0.3) is 5.91 Å². The number of amides is 3. The van der Waals surface area contributed by atoms with E-state index in [0.717, 1.165) is 6.07 Å². The van der Waals surface area contributed by atoms with E-state index in [1.807, 2.05) is 0 Å². The zero-order valence-corrected chi connectivity index (χ0v) is 19.7. The van der Waals surface area contributed by atoms with Crippen molar-refractivity contribution < 1.29 is 28.4 Å². The summed E-state index contributed by atoms with van der Waals surface area (Å²) in [4.78, 5) is 63.7. The molecule has 3 amide bonds. The van der Waals surface area contributed by atoms with Crippen LogP contribution in [0.15, 0.2) is 48.2 Å². The average Bonchev–Trinajstić information content (AvgIpc) is 3.15. The van der Waals surface area contributed by atoms with Gasteiger partial charge in [0.1, 0.15) is 11.9 Å². The maximum Gasteiger partial charge on any atom is 0.255 e. The van der Waals surface area contributed by atoms with Crippen LogP contribution < -0.4 is 10.6 Å². The standard InChI is InChI=1S/C26H21ClFN3O5/c27-14-4-5-15(19(28)10-14)13-8-22(32)17(23(33)9-13)11-29-20-3-1-2-16-18(20)12-31(26(16)36)21-6-7-24(34)30-25(21)35/h1-5,10-11,13,21,29H,6-9,12H2,(H,30,34,35). The zero-order chi connectivity index (χ0) is 25.6. The fourth-order valence-corrected chi connectivity index (χ4v) is 5.14. The van der Waals surface area contributed by atoms with E-state index in [1.165, 1.54) is 23.2 Å². The predicted octanol–water partition coefficient (Wildman–Crippen LogP) is 3.25. The minimum Gasteiger partial charge on any atom is -0.361 e. The van der Waals surface area contributed by atoms with Gasteiger partial charge in [0.15, 0.2) is 11.6 Å². The number of piperidine rings is 1. The molecule has 2 N–H and O–H groups in total. The van der Waals surface area contributed by atoms with Gasteiger partial charge in [-0.3, -0.25) is 29.3 Å². The van der Waals surface area contributed by atoms with E-state index >= 15 is 0 Å². The summed E-state index contributed by atoms with van der Waals surface area (Å²) in [5.74, 6) is -3.14. The number of halogens is 2. The fraction of sp³-hybridized carbons (Fsp3) is 0.269. The molecular formula is C26H21ClFN3O5. The number of nitrogens with zero attached hydrogens (tertiary/aromatic N) is 1. The van der Waals surface area contributed by atoms with Gasteiger partial charge in [-0.2, -0.15) is 0 Å². The molecule has 2 heterocycles. The summed E-state index contributed by atoms with van der Waals surface area (Å²) in [5.41, 5.74) is 1.81. The second-order valence-corrected chi connectivity index (χ2v) is 9.49. The average molecular weight is 510 g/mol. The lowest BCUT2D eigenvalue weighted by Crippen LogP contribution is -2.52. The first kappa shape index (κ1) is 23.9. The number of ketones is 2. The molecule has 0 radical (unpaired) electrons. The monoisotopic (exact) mass is 509 g/mol. The number of benzene rings is 2. The minimum atomic E-state index is -0.750. The molecule has 1 saturated carbocycles. The van der Waals surface area contributed by atoms with E-state index in [-0.39, 0.29) is 60.2 Å². The Balaban J connectivity index is 1.33. The van der Waals surface area contributed by atoms with Crippen molar-refractivity contribution in [2.45, 2.75) is 44.2 Å². The molecule has 0 bridgehead atoms. The van der Waals surface area contributed by atoms with Gasteiger partial charge >= 0.3 is 0 Å². The maximum absolute atomic E-state index is 14.3. The maximum atomic E-state index is 14.3. The Morgan fingerprint density at radius 2 is 1.81 bits per heavy atom. The summed E-state index contributed by atoms with van der Waals surface area (Å²) in [7, 11) is 0. The number of imide groups is 1. The first-order chi connectivity index (χ1) is 17.2. The smallest absolute Gasteiger partial charge is 0.255 e. The molecule has 2 aliphatic heterocycles. The van der Waals surface area contributed by atoms with Crippen LogP contribution in [-0.2, 0) is 25.7 Å². The summed E-state index contributed by atoms with van der Waals surface area (Å²) in [6.07, 6.45) is 1.68. The van der Waals surface area contributed by atoms with E-state index < -0.39 is 35.3 Å². The molecule has 8 nitrogen and oxygen atoms in total. The van der Waals surface area contributed by atoms with Crippen LogP contribution in [0.1, 0.15) is 53.1 Å². The number of anilines is 1. The summed E-state index contributed by atoms with van der Waals surface area (Å²) in [6, 6.07) is 8.44. The van der Waals surface area contributed by atoms with Gasteiger partial charge in [-0.05, 0) is 36.2 Å². The van der Waals surface area contributed by atoms with Crippen molar-refractivity contribution in [3.63, 3.8) is 0 Å². The summed E-state index contributed by atoms with van der Waals surface area (Å²) >= 11 is 5.80. The molecule has 2 aromatic carbocycles. The number of rotatable bonds is 4. The van der Waals surface area contributed by atoms with Crippen molar-refractivity contribution in [3.05, 3.63) is 75.7 Å². The molecule has 2 fully saturated rings. The lowest BCUT2D eigenvalue weighted by molar-refractivity contribution is -0.137. The van der Waals surface area contributed by atoms with Crippen LogP contribution >= 0.6 is 11.6 Å². The lowest BCUT2D eigenvalue weighted by atomic mass is 9.80. The van der Waals surface area contributed by atoms with Crippen molar-refractivity contribution in [3.8, 4) is 0 Å². The first-order valence-corrected chi connectivity index (χ1v) is 11.9. The number of hydrogen-bond donors (Lipinski definition) is 2. The molecule has 1 aliphatic carbocycles. The van der Waals surface area contributed by atoms with Crippen LogP contribution in [-0.4, -0.2) is 40.2 Å². The quantitative estimate of drug-likeness (QED) is 0.372. The number of hydrogen-bond acceptors (Lipinski definition) is 6. The Bertz CT molecular complexity index is 1350. The highest BCUT2D eigenvalue weighted by atomic mass is 35.5. The minimum absolute atomic E-state index is 0.0214. The Hall–Kier alpha value is -3.85. The largest absolute Gasteiger partial charge is 0.361 e. The molecule has 5 rings (SSSR count). The van der Waals surface area contributed by atoms with Gasteiger partial charge in [0, 0.05) is 59.8 Å². The van der Waals surface area contributed by atoms with Crippen molar-refractivity contribution in [1.29, 1.82) is 0 Å². The van der Waals surface area contributed by atoms with Crippen molar-refractivity contribution in [2.75, 3.05) is 5.32 Å². The highest BCUT2D eigenvalue weighted by Crippen LogP contribution is 2.35. The zero-order valence-electron chi connectivity index (χ0n) is 19.0. The van der Waals surface area contributed by atoms with Crippen LogP contribution in [0.4, 0.5) is 10.1 Å². The molecule has 2 aromatic rings. The topological polar surface area (TPSA) is 113 Å². The van der Waals surface area contributed by atoms with Gasteiger partial charge in [-0.1, -0.05) is 23.7 Å². The van der Waals surface area contributed by atoms with Crippen molar-refractivity contribution in [2.24, 2.45) is 0 Å². The summed E-state index contributed by atoms with van der Waals surface area (Å²) in [5, 5.41) is 5.48. The number of Topliss-reactive ketones (excluding diaryl/α,β-unsaturated/α-hetero) is 2. The lowest BCUT2D eigenvalue weighted by Gasteiger charge is -2.29. The number of allylic oxidation sites excluding steroid dienone is 1. The van der Waals surface area contributed by atoms with Gasteiger partial charge in [-0.25, -0.2) is 4.39 Å². The molecule has 0 aromatic heterocycles. The van der Waals surface area contributed by atoms with E-state index in [2.05, 4.69) is 10.6 Å². The van der Waals surface area contributed by atoms with Crippen LogP contribution in [0.3, 0.4) is 0 Å². The van der Waals surface area contributed by atoms with Crippen molar-refractivity contribution >= 4 is 46.6 Å². The molecular weight excluding hydrogens is 489 g/mol. The third-order valence-electron chi connectivity index (χ3n) is 6.82. The summed E-state index contributed by atoms with van der Waals surface area (Å²) < 4.78 is 14.3. The van der Waals surface area contributed by atoms with Crippen LogP contribution in [0.2, 0.25) is 5.02 Å². The third kappa shape index (κ3) is 4.30.